The van der Waals surface area contributed by atoms with E-state index in [0.717, 1.165) is 54.9 Å². The van der Waals surface area contributed by atoms with Gasteiger partial charge in [0, 0.05) is 32.0 Å². The van der Waals surface area contributed by atoms with Gasteiger partial charge in [-0.3, -0.25) is 9.69 Å². The second-order valence-corrected chi connectivity index (χ2v) is 9.86. The van der Waals surface area contributed by atoms with Crippen LogP contribution in [-0.2, 0) is 17.9 Å². The zero-order valence-corrected chi connectivity index (χ0v) is 20.8. The van der Waals surface area contributed by atoms with Gasteiger partial charge in [-0.15, -0.1) is 0 Å². The summed E-state index contributed by atoms with van der Waals surface area (Å²) in [6.07, 6.45) is 2.17. The lowest BCUT2D eigenvalue weighted by Gasteiger charge is -2.42. The first-order valence-corrected chi connectivity index (χ1v) is 12.4. The number of benzene rings is 3. The number of hydrogen-bond donors (Lipinski definition) is 0. The Morgan fingerprint density at radius 2 is 1.66 bits per heavy atom. The highest BCUT2D eigenvalue weighted by atomic mass is 19.1. The minimum absolute atomic E-state index is 0.139. The van der Waals surface area contributed by atoms with Gasteiger partial charge >= 0.3 is 0 Å². The number of rotatable bonds is 9. The van der Waals surface area contributed by atoms with Crippen LogP contribution >= 0.6 is 0 Å². The third kappa shape index (κ3) is 6.92. The van der Waals surface area contributed by atoms with Gasteiger partial charge in [0.2, 0.25) is 5.91 Å². The van der Waals surface area contributed by atoms with E-state index < -0.39 is 0 Å². The largest absolute Gasteiger partial charge is 0.493 e. The molecule has 0 spiro atoms. The average Bonchev–Trinajstić information content (AvgIpc) is 2.87. The normalized spacial score (nSPS) is 15.5. The molecule has 0 bridgehead atoms. The predicted octanol–water partition coefficient (Wildman–Crippen LogP) is 5.84. The molecule has 4 rings (SSSR count). The van der Waals surface area contributed by atoms with E-state index >= 15 is 0 Å². The second-order valence-electron chi connectivity index (χ2n) is 9.86. The van der Waals surface area contributed by atoms with Crippen molar-refractivity contribution in [1.29, 1.82) is 0 Å². The van der Waals surface area contributed by atoms with Gasteiger partial charge in [0.05, 0.1) is 6.61 Å². The molecule has 3 aromatic rings. The van der Waals surface area contributed by atoms with Crippen LogP contribution in [0.25, 0.3) is 0 Å². The molecule has 0 N–H and O–H groups in total. The SMILES string of the molecule is Cc1ccc(F)cc1CN1CCC(COc2ccccc2)(CC(=O)N(C)Cc2ccccc2)CC1. The summed E-state index contributed by atoms with van der Waals surface area (Å²) in [5.74, 6) is 0.773. The Balaban J connectivity index is 1.43. The standard InChI is InChI=1S/C30H35FN2O2/c1-24-13-14-27(31)19-26(24)22-33-17-15-30(16-18-33,23-35-28-11-7-4-8-12-28)20-29(34)32(2)21-25-9-5-3-6-10-25/h3-14,19H,15-18,20-23H2,1-2H3. The first kappa shape index (κ1) is 24.9. The maximum atomic E-state index is 13.8. The molecule has 0 atom stereocenters. The Kier molecular flexibility index (Phi) is 8.19. The highest BCUT2D eigenvalue weighted by molar-refractivity contribution is 5.76. The molecule has 1 aliphatic heterocycles. The van der Waals surface area contributed by atoms with Crippen LogP contribution in [0, 0.1) is 18.2 Å². The fourth-order valence-corrected chi connectivity index (χ4v) is 4.76. The van der Waals surface area contributed by atoms with Crippen molar-refractivity contribution in [2.24, 2.45) is 5.41 Å². The fourth-order valence-electron chi connectivity index (χ4n) is 4.76. The van der Waals surface area contributed by atoms with Crippen molar-refractivity contribution in [1.82, 2.24) is 9.80 Å². The van der Waals surface area contributed by atoms with Crippen molar-refractivity contribution < 1.29 is 13.9 Å². The summed E-state index contributed by atoms with van der Waals surface area (Å²) < 4.78 is 20.0. The van der Waals surface area contributed by atoms with Gasteiger partial charge in [0.15, 0.2) is 0 Å². The first-order valence-electron chi connectivity index (χ1n) is 12.4. The van der Waals surface area contributed by atoms with Gasteiger partial charge in [-0.25, -0.2) is 4.39 Å². The van der Waals surface area contributed by atoms with E-state index in [4.69, 9.17) is 4.74 Å². The predicted molar refractivity (Wildman–Crippen MR) is 138 cm³/mol. The number of likely N-dealkylation sites (tertiary alicyclic amines) is 1. The summed E-state index contributed by atoms with van der Waals surface area (Å²) >= 11 is 0. The first-order chi connectivity index (χ1) is 16.9. The van der Waals surface area contributed by atoms with Crippen LogP contribution in [0.5, 0.6) is 5.75 Å². The zero-order chi connectivity index (χ0) is 24.7. The van der Waals surface area contributed by atoms with E-state index in [-0.39, 0.29) is 17.1 Å². The number of carbonyl (C=O) groups excluding carboxylic acids is 1. The summed E-state index contributed by atoms with van der Waals surface area (Å²) in [5, 5.41) is 0. The maximum absolute atomic E-state index is 13.8. The number of piperidine rings is 1. The van der Waals surface area contributed by atoms with E-state index in [2.05, 4.69) is 4.90 Å². The molecule has 1 fully saturated rings. The van der Waals surface area contributed by atoms with Gasteiger partial charge in [-0.2, -0.15) is 0 Å². The van der Waals surface area contributed by atoms with E-state index in [0.29, 0.717) is 19.6 Å². The number of amides is 1. The molecule has 5 heteroatoms. The third-order valence-corrected chi connectivity index (χ3v) is 7.12. The number of para-hydroxylation sites is 1. The van der Waals surface area contributed by atoms with E-state index in [9.17, 15) is 9.18 Å². The Bertz CT molecular complexity index is 1100. The third-order valence-electron chi connectivity index (χ3n) is 7.12. The summed E-state index contributed by atoms with van der Waals surface area (Å²) in [6.45, 7) is 5.56. The van der Waals surface area contributed by atoms with Crippen LogP contribution in [0.2, 0.25) is 0 Å². The molecule has 1 saturated heterocycles. The smallest absolute Gasteiger partial charge is 0.223 e. The van der Waals surface area contributed by atoms with Crippen molar-refractivity contribution in [3.05, 3.63) is 101 Å². The van der Waals surface area contributed by atoms with E-state index in [1.807, 2.05) is 85.6 Å². The minimum Gasteiger partial charge on any atom is -0.493 e. The highest BCUT2D eigenvalue weighted by Gasteiger charge is 2.38. The molecule has 0 aromatic heterocycles. The quantitative estimate of drug-likeness (QED) is 0.390. The molecule has 184 valence electrons. The van der Waals surface area contributed by atoms with Gasteiger partial charge in [0.1, 0.15) is 11.6 Å². The zero-order valence-electron chi connectivity index (χ0n) is 20.8. The molecular formula is C30H35FN2O2. The Labute approximate surface area is 208 Å². The van der Waals surface area contributed by atoms with Crippen LogP contribution in [0.1, 0.15) is 36.0 Å². The molecule has 0 saturated carbocycles. The lowest BCUT2D eigenvalue weighted by atomic mass is 9.75. The molecule has 1 heterocycles. The van der Waals surface area contributed by atoms with E-state index in [1.54, 1.807) is 6.07 Å². The van der Waals surface area contributed by atoms with Crippen LogP contribution in [0.3, 0.4) is 0 Å². The van der Waals surface area contributed by atoms with Gasteiger partial charge < -0.3 is 9.64 Å². The Morgan fingerprint density at radius 3 is 2.34 bits per heavy atom. The lowest BCUT2D eigenvalue weighted by Crippen LogP contribution is -2.45. The fraction of sp³-hybridized carbons (Fsp3) is 0.367. The lowest BCUT2D eigenvalue weighted by molar-refractivity contribution is -0.134. The summed E-state index contributed by atoms with van der Waals surface area (Å²) in [5.41, 5.74) is 3.02. The summed E-state index contributed by atoms with van der Waals surface area (Å²) in [4.78, 5) is 17.5. The summed E-state index contributed by atoms with van der Waals surface area (Å²) in [7, 11) is 1.88. The van der Waals surface area contributed by atoms with Gasteiger partial charge in [-0.05, 0) is 73.8 Å². The average molecular weight is 475 g/mol. The molecule has 35 heavy (non-hydrogen) atoms. The monoisotopic (exact) mass is 474 g/mol. The highest BCUT2D eigenvalue weighted by Crippen LogP contribution is 2.37. The number of carbonyl (C=O) groups is 1. The Hall–Kier alpha value is -3.18. The number of hydrogen-bond acceptors (Lipinski definition) is 3. The summed E-state index contributed by atoms with van der Waals surface area (Å²) in [6, 6.07) is 24.9. The molecule has 1 amide bonds. The molecule has 0 radical (unpaired) electrons. The van der Waals surface area contributed by atoms with Crippen LogP contribution in [-0.4, -0.2) is 42.5 Å². The maximum Gasteiger partial charge on any atom is 0.223 e. The molecule has 0 unspecified atom stereocenters. The number of nitrogens with zero attached hydrogens (tertiary/aromatic N) is 2. The second kappa shape index (κ2) is 11.5. The van der Waals surface area contributed by atoms with Crippen molar-refractivity contribution in [2.75, 3.05) is 26.7 Å². The van der Waals surface area contributed by atoms with Gasteiger partial charge in [-0.1, -0.05) is 54.6 Å². The van der Waals surface area contributed by atoms with Crippen molar-refractivity contribution >= 4 is 5.91 Å². The van der Waals surface area contributed by atoms with Crippen molar-refractivity contribution in [3.8, 4) is 5.75 Å². The number of ether oxygens (including phenoxy) is 1. The molecule has 4 nitrogen and oxygen atoms in total. The topological polar surface area (TPSA) is 32.8 Å². The molecular weight excluding hydrogens is 439 g/mol. The molecule has 3 aromatic carbocycles. The van der Waals surface area contributed by atoms with Crippen LogP contribution in [0.4, 0.5) is 4.39 Å². The van der Waals surface area contributed by atoms with Crippen LogP contribution in [0.15, 0.2) is 78.9 Å². The molecule has 0 aliphatic carbocycles. The van der Waals surface area contributed by atoms with Crippen molar-refractivity contribution in [3.63, 3.8) is 0 Å². The number of aryl methyl sites for hydroxylation is 1. The van der Waals surface area contributed by atoms with Crippen molar-refractivity contribution in [2.45, 2.75) is 39.3 Å². The van der Waals surface area contributed by atoms with Gasteiger partial charge in [0.25, 0.3) is 0 Å². The number of halogens is 1. The minimum atomic E-state index is -0.231. The molecule has 1 aliphatic rings. The Morgan fingerprint density at radius 1 is 1.00 bits per heavy atom. The van der Waals surface area contributed by atoms with Crippen LogP contribution < -0.4 is 4.74 Å². The van der Waals surface area contributed by atoms with E-state index in [1.165, 1.54) is 6.07 Å².